The van der Waals surface area contributed by atoms with Crippen LogP contribution in [-0.2, 0) is 9.63 Å². The van der Waals surface area contributed by atoms with Gasteiger partial charge in [-0.1, -0.05) is 25.4 Å². The summed E-state index contributed by atoms with van der Waals surface area (Å²) in [5, 5.41) is 0. The molecule has 0 aromatic carbocycles. The smallest absolute Gasteiger partial charge is 0.267 e. The number of carbonyl (C=O) groups excluding carboxylic acids is 1. The van der Waals surface area contributed by atoms with Crippen LogP contribution in [0.5, 0.6) is 0 Å². The molecule has 1 rings (SSSR count). The summed E-state index contributed by atoms with van der Waals surface area (Å²) in [5.74, 6) is 0.116. The van der Waals surface area contributed by atoms with Crippen LogP contribution in [-0.4, -0.2) is 12.5 Å². The van der Waals surface area contributed by atoms with Gasteiger partial charge in [-0.15, -0.1) is 11.3 Å². The van der Waals surface area contributed by atoms with E-state index >= 15 is 0 Å². The molecule has 16 heavy (non-hydrogen) atoms. The molecular formula is C11H14ClNO2S. The quantitative estimate of drug-likeness (QED) is 0.652. The van der Waals surface area contributed by atoms with E-state index in [1.165, 1.54) is 17.4 Å². The largest absolute Gasteiger partial charge is 0.273 e. The molecule has 0 spiro atoms. The van der Waals surface area contributed by atoms with Gasteiger partial charge in [0, 0.05) is 11.0 Å². The first-order valence-corrected chi connectivity index (χ1v) is 6.12. The van der Waals surface area contributed by atoms with Gasteiger partial charge >= 0.3 is 0 Å². The van der Waals surface area contributed by atoms with Gasteiger partial charge < -0.3 is 0 Å². The van der Waals surface area contributed by atoms with Crippen LogP contribution < -0.4 is 5.48 Å². The van der Waals surface area contributed by atoms with Gasteiger partial charge in [-0.05, 0) is 24.1 Å². The van der Waals surface area contributed by atoms with Crippen molar-refractivity contribution in [2.24, 2.45) is 5.92 Å². The number of amides is 1. The molecule has 0 atom stereocenters. The number of hydrogen-bond acceptors (Lipinski definition) is 3. The maximum atomic E-state index is 11.3. The van der Waals surface area contributed by atoms with E-state index in [0.29, 0.717) is 16.9 Å². The van der Waals surface area contributed by atoms with Crippen molar-refractivity contribution in [1.82, 2.24) is 5.48 Å². The van der Waals surface area contributed by atoms with Crippen molar-refractivity contribution >= 4 is 34.9 Å². The molecule has 5 heteroatoms. The molecule has 3 nitrogen and oxygen atoms in total. The third-order valence-corrected chi connectivity index (χ3v) is 2.78. The van der Waals surface area contributed by atoms with Crippen molar-refractivity contribution < 1.29 is 9.63 Å². The summed E-state index contributed by atoms with van der Waals surface area (Å²) in [6.07, 6.45) is 3.12. The number of rotatable bonds is 5. The standard InChI is InChI=1S/C11H14ClNO2S/c1-8(2)7-15-13-11(14)6-4-9-3-5-10(12)16-9/h3-6,8H,7H2,1-2H3,(H,13,14)/b6-4+. The Morgan fingerprint density at radius 1 is 1.62 bits per heavy atom. The van der Waals surface area contributed by atoms with Gasteiger partial charge in [-0.25, -0.2) is 5.48 Å². The maximum Gasteiger partial charge on any atom is 0.267 e. The summed E-state index contributed by atoms with van der Waals surface area (Å²) in [6, 6.07) is 3.64. The minimum Gasteiger partial charge on any atom is -0.273 e. The zero-order valence-corrected chi connectivity index (χ0v) is 10.8. The van der Waals surface area contributed by atoms with E-state index in [2.05, 4.69) is 5.48 Å². The second kappa shape index (κ2) is 6.68. The Bertz CT molecular complexity index is 374. The summed E-state index contributed by atoms with van der Waals surface area (Å²) >= 11 is 7.17. The number of nitrogens with one attached hydrogen (secondary N) is 1. The fourth-order valence-electron chi connectivity index (χ4n) is 0.889. The zero-order chi connectivity index (χ0) is 12.0. The molecule has 0 bridgehead atoms. The van der Waals surface area contributed by atoms with Crippen LogP contribution in [0.25, 0.3) is 6.08 Å². The molecule has 0 aliphatic rings. The van der Waals surface area contributed by atoms with Gasteiger partial charge in [0.15, 0.2) is 0 Å². The molecule has 0 radical (unpaired) electrons. The monoisotopic (exact) mass is 259 g/mol. The Hall–Kier alpha value is -0.840. The van der Waals surface area contributed by atoms with Gasteiger partial charge in [0.1, 0.15) is 0 Å². The lowest BCUT2D eigenvalue weighted by molar-refractivity contribution is -0.129. The Kier molecular flexibility index (Phi) is 5.52. The average molecular weight is 260 g/mol. The minimum atomic E-state index is -0.273. The predicted octanol–water partition coefficient (Wildman–Crippen LogP) is 3.12. The molecule has 0 aliphatic carbocycles. The van der Waals surface area contributed by atoms with Gasteiger partial charge in [0.25, 0.3) is 5.91 Å². The normalized spacial score (nSPS) is 11.2. The van der Waals surface area contributed by atoms with Crippen LogP contribution in [0.2, 0.25) is 4.34 Å². The van der Waals surface area contributed by atoms with E-state index in [9.17, 15) is 4.79 Å². The molecule has 0 saturated heterocycles. The number of halogens is 1. The lowest BCUT2D eigenvalue weighted by atomic mass is 10.2. The topological polar surface area (TPSA) is 38.3 Å². The Morgan fingerprint density at radius 3 is 2.94 bits per heavy atom. The summed E-state index contributed by atoms with van der Waals surface area (Å²) in [6.45, 7) is 4.52. The van der Waals surface area contributed by atoms with E-state index in [0.717, 1.165) is 4.88 Å². The van der Waals surface area contributed by atoms with Crippen LogP contribution >= 0.6 is 22.9 Å². The number of hydrogen-bond donors (Lipinski definition) is 1. The second-order valence-corrected chi connectivity index (χ2v) is 5.39. The third-order valence-electron chi connectivity index (χ3n) is 1.58. The van der Waals surface area contributed by atoms with Gasteiger partial charge in [0.2, 0.25) is 0 Å². The van der Waals surface area contributed by atoms with E-state index in [-0.39, 0.29) is 5.91 Å². The lowest BCUT2D eigenvalue weighted by Crippen LogP contribution is -2.23. The summed E-state index contributed by atoms with van der Waals surface area (Å²) in [5.41, 5.74) is 2.34. The molecule has 88 valence electrons. The Labute approximate surface area is 104 Å². The predicted molar refractivity (Wildman–Crippen MR) is 67.3 cm³/mol. The summed E-state index contributed by atoms with van der Waals surface area (Å²) in [4.78, 5) is 17.2. The maximum absolute atomic E-state index is 11.3. The minimum absolute atomic E-state index is 0.273. The van der Waals surface area contributed by atoms with Crippen LogP contribution in [0, 0.1) is 5.92 Å². The molecule has 0 fully saturated rings. The van der Waals surface area contributed by atoms with Crippen LogP contribution in [0.1, 0.15) is 18.7 Å². The number of hydroxylamine groups is 1. The average Bonchev–Trinajstić information content (AvgIpc) is 2.61. The molecule has 1 heterocycles. The van der Waals surface area contributed by atoms with E-state index < -0.39 is 0 Å². The SMILES string of the molecule is CC(C)CONC(=O)/C=C/c1ccc(Cl)s1. The molecule has 1 aromatic rings. The van der Waals surface area contributed by atoms with Gasteiger partial charge in [0.05, 0.1) is 10.9 Å². The van der Waals surface area contributed by atoms with E-state index in [1.54, 1.807) is 12.1 Å². The Morgan fingerprint density at radius 2 is 2.38 bits per heavy atom. The van der Waals surface area contributed by atoms with E-state index in [1.807, 2.05) is 19.9 Å². The summed E-state index contributed by atoms with van der Waals surface area (Å²) in [7, 11) is 0. The van der Waals surface area contributed by atoms with Crippen LogP contribution in [0.3, 0.4) is 0 Å². The number of thiophene rings is 1. The summed E-state index contributed by atoms with van der Waals surface area (Å²) < 4.78 is 0.705. The van der Waals surface area contributed by atoms with Gasteiger partial charge in [-0.3, -0.25) is 9.63 Å². The third kappa shape index (κ3) is 5.30. The van der Waals surface area contributed by atoms with E-state index in [4.69, 9.17) is 16.4 Å². The van der Waals surface area contributed by atoms with Crippen molar-refractivity contribution in [3.63, 3.8) is 0 Å². The highest BCUT2D eigenvalue weighted by atomic mass is 35.5. The van der Waals surface area contributed by atoms with Crippen molar-refractivity contribution in [2.75, 3.05) is 6.61 Å². The first-order valence-electron chi connectivity index (χ1n) is 4.93. The van der Waals surface area contributed by atoms with Crippen molar-refractivity contribution in [2.45, 2.75) is 13.8 Å². The fraction of sp³-hybridized carbons (Fsp3) is 0.364. The molecule has 1 amide bonds. The van der Waals surface area contributed by atoms with Crippen molar-refractivity contribution in [1.29, 1.82) is 0 Å². The highest BCUT2D eigenvalue weighted by molar-refractivity contribution is 7.17. The molecule has 0 aliphatic heterocycles. The van der Waals surface area contributed by atoms with Crippen LogP contribution in [0.4, 0.5) is 0 Å². The first-order chi connectivity index (χ1) is 7.58. The second-order valence-electron chi connectivity index (χ2n) is 3.65. The zero-order valence-electron chi connectivity index (χ0n) is 9.20. The Balaban J connectivity index is 2.31. The molecule has 0 unspecified atom stereocenters. The van der Waals surface area contributed by atoms with Crippen molar-refractivity contribution in [3.05, 3.63) is 27.4 Å². The molecule has 1 N–H and O–H groups in total. The van der Waals surface area contributed by atoms with Crippen molar-refractivity contribution in [3.8, 4) is 0 Å². The van der Waals surface area contributed by atoms with Crippen LogP contribution in [0.15, 0.2) is 18.2 Å². The molecule has 1 aromatic heterocycles. The lowest BCUT2D eigenvalue weighted by Gasteiger charge is -2.05. The molecule has 0 saturated carbocycles. The highest BCUT2D eigenvalue weighted by Crippen LogP contribution is 2.22. The number of carbonyl (C=O) groups is 1. The highest BCUT2D eigenvalue weighted by Gasteiger charge is 1.98. The molecular weight excluding hydrogens is 246 g/mol. The van der Waals surface area contributed by atoms with Gasteiger partial charge in [-0.2, -0.15) is 0 Å². The fourth-order valence-corrected chi connectivity index (χ4v) is 1.85. The first kappa shape index (κ1) is 13.2.